The second-order valence-corrected chi connectivity index (χ2v) is 5.83. The molecule has 1 aromatic heterocycles. The molecule has 1 amide bonds. The Morgan fingerprint density at radius 3 is 3.00 bits per heavy atom. The van der Waals surface area contributed by atoms with Gasteiger partial charge >= 0.3 is 5.00 Å². The van der Waals surface area contributed by atoms with Crippen LogP contribution in [0.1, 0.15) is 30.1 Å². The van der Waals surface area contributed by atoms with Gasteiger partial charge in [-0.1, -0.05) is 11.3 Å². The SMILES string of the molecule is CC(N)C1CCCN(C(=O)c2csc([N+](=O)[O-])c2)C1. The highest BCUT2D eigenvalue weighted by molar-refractivity contribution is 7.13. The molecule has 6 nitrogen and oxygen atoms in total. The Balaban J connectivity index is 2.08. The zero-order valence-electron chi connectivity index (χ0n) is 10.7. The molecular weight excluding hydrogens is 266 g/mol. The van der Waals surface area contributed by atoms with Gasteiger partial charge in [0.25, 0.3) is 5.91 Å². The summed E-state index contributed by atoms with van der Waals surface area (Å²) in [5, 5.41) is 12.2. The molecule has 0 aliphatic carbocycles. The number of likely N-dealkylation sites (tertiary alicyclic amines) is 1. The Bertz CT molecular complexity index is 486. The highest BCUT2D eigenvalue weighted by atomic mass is 32.1. The van der Waals surface area contributed by atoms with E-state index in [0.29, 0.717) is 24.6 Å². The predicted molar refractivity (Wildman–Crippen MR) is 73.3 cm³/mol. The Morgan fingerprint density at radius 2 is 2.42 bits per heavy atom. The lowest BCUT2D eigenvalue weighted by Crippen LogP contribution is -2.44. The fraction of sp³-hybridized carbons (Fsp3) is 0.583. The molecule has 2 rings (SSSR count). The fourth-order valence-electron chi connectivity index (χ4n) is 2.34. The van der Waals surface area contributed by atoms with Gasteiger partial charge in [0.05, 0.1) is 10.5 Å². The van der Waals surface area contributed by atoms with E-state index in [1.165, 1.54) is 6.07 Å². The van der Waals surface area contributed by atoms with Crippen LogP contribution < -0.4 is 5.73 Å². The quantitative estimate of drug-likeness (QED) is 0.677. The number of thiophene rings is 1. The molecule has 0 spiro atoms. The largest absolute Gasteiger partial charge is 0.338 e. The first-order valence-corrected chi connectivity index (χ1v) is 7.14. The zero-order valence-corrected chi connectivity index (χ0v) is 11.6. The van der Waals surface area contributed by atoms with Crippen LogP contribution in [0.4, 0.5) is 5.00 Å². The van der Waals surface area contributed by atoms with Gasteiger partial charge in [-0.2, -0.15) is 0 Å². The van der Waals surface area contributed by atoms with Crippen LogP contribution >= 0.6 is 11.3 Å². The molecule has 1 saturated heterocycles. The number of hydrogen-bond donors (Lipinski definition) is 1. The van der Waals surface area contributed by atoms with Crippen molar-refractivity contribution in [2.24, 2.45) is 11.7 Å². The molecule has 0 aromatic carbocycles. The van der Waals surface area contributed by atoms with Gasteiger partial charge in [-0.3, -0.25) is 14.9 Å². The Hall–Kier alpha value is -1.47. The summed E-state index contributed by atoms with van der Waals surface area (Å²) in [7, 11) is 0. The minimum atomic E-state index is -0.470. The number of carbonyl (C=O) groups excluding carboxylic acids is 1. The number of piperidine rings is 1. The molecule has 19 heavy (non-hydrogen) atoms. The average molecular weight is 283 g/mol. The average Bonchev–Trinajstić information content (AvgIpc) is 2.87. The Morgan fingerprint density at radius 1 is 1.68 bits per heavy atom. The van der Waals surface area contributed by atoms with E-state index in [9.17, 15) is 14.9 Å². The van der Waals surface area contributed by atoms with E-state index < -0.39 is 4.92 Å². The van der Waals surface area contributed by atoms with Crippen LogP contribution in [0.5, 0.6) is 0 Å². The monoisotopic (exact) mass is 283 g/mol. The summed E-state index contributed by atoms with van der Waals surface area (Å²) in [5.41, 5.74) is 6.29. The maximum Gasteiger partial charge on any atom is 0.324 e. The maximum absolute atomic E-state index is 12.3. The molecule has 0 saturated carbocycles. The van der Waals surface area contributed by atoms with Crippen LogP contribution in [0, 0.1) is 16.0 Å². The normalized spacial score (nSPS) is 21.2. The third kappa shape index (κ3) is 3.10. The topological polar surface area (TPSA) is 89.5 Å². The molecule has 104 valence electrons. The van der Waals surface area contributed by atoms with Gasteiger partial charge in [0.2, 0.25) is 0 Å². The number of carbonyl (C=O) groups is 1. The smallest absolute Gasteiger partial charge is 0.324 e. The van der Waals surface area contributed by atoms with Gasteiger partial charge in [0.15, 0.2) is 0 Å². The number of nitrogens with two attached hydrogens (primary N) is 1. The second kappa shape index (κ2) is 5.66. The summed E-state index contributed by atoms with van der Waals surface area (Å²) >= 11 is 0.986. The standard InChI is InChI=1S/C12H17N3O3S/c1-8(13)9-3-2-4-14(6-9)12(16)10-5-11(15(17)18)19-7-10/h5,7-9H,2-4,6,13H2,1H3. The first kappa shape index (κ1) is 14.0. The maximum atomic E-state index is 12.3. The molecule has 2 heterocycles. The van der Waals surface area contributed by atoms with Crippen LogP contribution in [0.15, 0.2) is 11.4 Å². The molecule has 2 unspecified atom stereocenters. The van der Waals surface area contributed by atoms with E-state index in [1.807, 2.05) is 6.92 Å². The van der Waals surface area contributed by atoms with Gasteiger partial charge in [0.1, 0.15) is 0 Å². The lowest BCUT2D eigenvalue weighted by Gasteiger charge is -2.34. The molecule has 7 heteroatoms. The molecule has 0 bridgehead atoms. The molecule has 1 aliphatic heterocycles. The van der Waals surface area contributed by atoms with Gasteiger partial charge in [-0.05, 0) is 25.7 Å². The van der Waals surface area contributed by atoms with E-state index in [1.54, 1.807) is 10.3 Å². The van der Waals surface area contributed by atoms with E-state index in [2.05, 4.69) is 0 Å². The Labute approximate surface area is 115 Å². The summed E-state index contributed by atoms with van der Waals surface area (Å²) in [5.74, 6) is 0.182. The van der Waals surface area contributed by atoms with Gasteiger partial charge < -0.3 is 10.6 Å². The molecular formula is C12H17N3O3S. The van der Waals surface area contributed by atoms with Crippen LogP contribution in [-0.4, -0.2) is 34.9 Å². The lowest BCUT2D eigenvalue weighted by atomic mass is 9.92. The van der Waals surface area contributed by atoms with Crippen LogP contribution in [-0.2, 0) is 0 Å². The minimum absolute atomic E-state index is 0.00380. The zero-order chi connectivity index (χ0) is 14.0. The van der Waals surface area contributed by atoms with E-state index in [4.69, 9.17) is 5.73 Å². The third-order valence-electron chi connectivity index (χ3n) is 3.50. The molecule has 0 radical (unpaired) electrons. The number of amides is 1. The highest BCUT2D eigenvalue weighted by Gasteiger charge is 2.27. The Kier molecular flexibility index (Phi) is 4.16. The summed E-state index contributed by atoms with van der Waals surface area (Å²) in [6.07, 6.45) is 1.97. The summed E-state index contributed by atoms with van der Waals surface area (Å²) in [4.78, 5) is 24.2. The van der Waals surface area contributed by atoms with Gasteiger partial charge in [-0.15, -0.1) is 0 Å². The summed E-state index contributed by atoms with van der Waals surface area (Å²) in [6.45, 7) is 3.29. The van der Waals surface area contributed by atoms with E-state index in [0.717, 1.165) is 24.2 Å². The van der Waals surface area contributed by atoms with Crippen molar-refractivity contribution in [2.75, 3.05) is 13.1 Å². The van der Waals surface area contributed by atoms with Crippen LogP contribution in [0.25, 0.3) is 0 Å². The van der Waals surface area contributed by atoms with Crippen molar-refractivity contribution in [1.29, 1.82) is 0 Å². The second-order valence-electron chi connectivity index (χ2n) is 4.94. The molecule has 1 aromatic rings. The van der Waals surface area contributed by atoms with Crippen molar-refractivity contribution in [3.05, 3.63) is 27.1 Å². The third-order valence-corrected chi connectivity index (χ3v) is 4.38. The van der Waals surface area contributed by atoms with E-state index >= 15 is 0 Å². The predicted octanol–water partition coefficient (Wildman–Crippen LogP) is 1.86. The minimum Gasteiger partial charge on any atom is -0.338 e. The fourth-order valence-corrected chi connectivity index (χ4v) is 3.04. The van der Waals surface area contributed by atoms with Crippen molar-refractivity contribution in [3.8, 4) is 0 Å². The molecule has 2 atom stereocenters. The number of rotatable bonds is 3. The number of nitrogens with zero attached hydrogens (tertiary/aromatic N) is 2. The van der Waals surface area contributed by atoms with Crippen molar-refractivity contribution < 1.29 is 9.72 Å². The van der Waals surface area contributed by atoms with Crippen molar-refractivity contribution in [2.45, 2.75) is 25.8 Å². The van der Waals surface area contributed by atoms with Crippen LogP contribution in [0.2, 0.25) is 0 Å². The first-order valence-electron chi connectivity index (χ1n) is 6.27. The van der Waals surface area contributed by atoms with Crippen LogP contribution in [0.3, 0.4) is 0 Å². The van der Waals surface area contributed by atoms with Crippen molar-refractivity contribution in [3.63, 3.8) is 0 Å². The first-order chi connectivity index (χ1) is 8.99. The van der Waals surface area contributed by atoms with Crippen molar-refractivity contribution >= 4 is 22.2 Å². The van der Waals surface area contributed by atoms with Crippen molar-refractivity contribution in [1.82, 2.24) is 4.90 Å². The van der Waals surface area contributed by atoms with Gasteiger partial charge in [-0.25, -0.2) is 0 Å². The number of hydrogen-bond acceptors (Lipinski definition) is 5. The summed E-state index contributed by atoms with van der Waals surface area (Å²) < 4.78 is 0. The molecule has 1 fully saturated rings. The number of nitro groups is 1. The molecule has 2 N–H and O–H groups in total. The molecule has 1 aliphatic rings. The highest BCUT2D eigenvalue weighted by Crippen LogP contribution is 2.26. The summed E-state index contributed by atoms with van der Waals surface area (Å²) in [6, 6.07) is 1.41. The lowest BCUT2D eigenvalue weighted by molar-refractivity contribution is -0.380. The van der Waals surface area contributed by atoms with Gasteiger partial charge in [0, 0.05) is 30.6 Å². The van der Waals surface area contributed by atoms with E-state index in [-0.39, 0.29) is 17.0 Å².